The highest BCUT2D eigenvalue weighted by atomic mass is 32.2. The molecule has 4 rings (SSSR count). The molecule has 0 aromatic carbocycles. The molecule has 1 atom stereocenters. The summed E-state index contributed by atoms with van der Waals surface area (Å²) in [6, 6.07) is 3.75. The molecule has 1 aliphatic rings. The Kier molecular flexibility index (Phi) is 6.02. The Labute approximate surface area is 180 Å². The van der Waals surface area contributed by atoms with Crippen molar-refractivity contribution in [1.82, 2.24) is 24.4 Å². The van der Waals surface area contributed by atoms with E-state index in [0.29, 0.717) is 17.4 Å². The fourth-order valence-electron chi connectivity index (χ4n) is 3.27. The Balaban J connectivity index is 1.67. The Morgan fingerprint density at radius 1 is 1.33 bits per heavy atom. The van der Waals surface area contributed by atoms with Gasteiger partial charge in [0.05, 0.1) is 16.7 Å². The predicted octanol–water partition coefficient (Wildman–Crippen LogP) is 1.14. The van der Waals surface area contributed by atoms with Gasteiger partial charge in [0.15, 0.2) is 11.5 Å². The summed E-state index contributed by atoms with van der Waals surface area (Å²) in [7, 11) is 2.98. The van der Waals surface area contributed by atoms with Gasteiger partial charge in [-0.15, -0.1) is 11.3 Å². The van der Waals surface area contributed by atoms with E-state index in [4.69, 9.17) is 4.74 Å². The van der Waals surface area contributed by atoms with Crippen molar-refractivity contribution < 1.29 is 9.53 Å². The number of rotatable bonds is 6. The zero-order chi connectivity index (χ0) is 21.3. The van der Waals surface area contributed by atoms with Crippen LogP contribution >= 0.6 is 23.1 Å². The Hall–Kier alpha value is -2.50. The van der Waals surface area contributed by atoms with Crippen LogP contribution in [0.5, 0.6) is 0 Å². The number of carbonyl (C=O) groups is 1. The third kappa shape index (κ3) is 4.05. The minimum atomic E-state index is -0.479. The smallest absolute Gasteiger partial charge is 0.332 e. The SMILES string of the molecule is Cn1c(=O)c2c(SCC(=O)NC[C@@H]3CCCO3)nc(-c3cccs3)nc2n(C)c1=O. The molecule has 0 saturated carbocycles. The van der Waals surface area contributed by atoms with E-state index in [2.05, 4.69) is 15.3 Å². The monoisotopic (exact) mass is 447 g/mol. The molecule has 30 heavy (non-hydrogen) atoms. The predicted molar refractivity (Wildman–Crippen MR) is 116 cm³/mol. The molecule has 3 aromatic heterocycles. The topological polar surface area (TPSA) is 108 Å². The summed E-state index contributed by atoms with van der Waals surface area (Å²) in [4.78, 5) is 47.4. The average Bonchev–Trinajstić information content (AvgIpc) is 3.46. The molecule has 0 bridgehead atoms. The van der Waals surface area contributed by atoms with Crippen LogP contribution in [0.3, 0.4) is 0 Å². The van der Waals surface area contributed by atoms with Crippen LogP contribution in [0, 0.1) is 0 Å². The standard InChI is InChI=1S/C19H21N5O4S2/c1-23-16-14(18(26)24(2)19(23)27)17(22-15(21-16)12-6-4-8-29-12)30-10-13(25)20-9-11-5-3-7-28-11/h4,6,8,11H,3,5,7,9-10H2,1-2H3,(H,20,25)/t11-/m0/s1. The number of nitrogens with one attached hydrogen (secondary N) is 1. The van der Waals surface area contributed by atoms with E-state index in [-0.39, 0.29) is 28.8 Å². The first-order chi connectivity index (χ1) is 14.5. The van der Waals surface area contributed by atoms with Crippen LogP contribution in [0.1, 0.15) is 12.8 Å². The molecule has 11 heteroatoms. The van der Waals surface area contributed by atoms with E-state index in [0.717, 1.165) is 40.7 Å². The number of fused-ring (bicyclic) bond motifs is 1. The van der Waals surface area contributed by atoms with Gasteiger partial charge in [0.1, 0.15) is 10.4 Å². The second kappa shape index (κ2) is 8.70. The number of hydrogen-bond acceptors (Lipinski definition) is 8. The lowest BCUT2D eigenvalue weighted by atomic mass is 10.2. The number of hydrogen-bond donors (Lipinski definition) is 1. The van der Waals surface area contributed by atoms with Gasteiger partial charge in [0.2, 0.25) is 5.91 Å². The number of carbonyl (C=O) groups excluding carboxylic acids is 1. The molecule has 3 aromatic rings. The van der Waals surface area contributed by atoms with Crippen LogP contribution < -0.4 is 16.6 Å². The van der Waals surface area contributed by atoms with Crippen LogP contribution in [-0.2, 0) is 23.6 Å². The van der Waals surface area contributed by atoms with Crippen LogP contribution in [0.2, 0.25) is 0 Å². The molecule has 1 aliphatic heterocycles. The van der Waals surface area contributed by atoms with Gasteiger partial charge in [-0.1, -0.05) is 17.8 Å². The van der Waals surface area contributed by atoms with Crippen LogP contribution in [0.25, 0.3) is 21.7 Å². The van der Waals surface area contributed by atoms with Gasteiger partial charge in [-0.3, -0.25) is 18.7 Å². The fraction of sp³-hybridized carbons (Fsp3) is 0.421. The number of aromatic nitrogens is 4. The minimum absolute atomic E-state index is 0.0612. The number of nitrogens with zero attached hydrogens (tertiary/aromatic N) is 4. The van der Waals surface area contributed by atoms with Crippen molar-refractivity contribution in [3.8, 4) is 10.7 Å². The molecule has 1 fully saturated rings. The van der Waals surface area contributed by atoms with Crippen LogP contribution in [0.4, 0.5) is 0 Å². The van der Waals surface area contributed by atoms with Crippen molar-refractivity contribution in [2.24, 2.45) is 14.1 Å². The van der Waals surface area contributed by atoms with Crippen molar-refractivity contribution in [2.45, 2.75) is 24.0 Å². The molecule has 1 N–H and O–H groups in total. The minimum Gasteiger partial charge on any atom is -0.376 e. The Bertz CT molecular complexity index is 1200. The fourth-order valence-corrected chi connectivity index (χ4v) is 4.77. The zero-order valence-corrected chi connectivity index (χ0v) is 18.2. The third-order valence-corrected chi connectivity index (χ3v) is 6.74. The van der Waals surface area contributed by atoms with Gasteiger partial charge in [-0.05, 0) is 24.3 Å². The molecule has 1 saturated heterocycles. The first kappa shape index (κ1) is 20.8. The van der Waals surface area contributed by atoms with Gasteiger partial charge in [-0.25, -0.2) is 14.8 Å². The van der Waals surface area contributed by atoms with Gasteiger partial charge in [0, 0.05) is 27.2 Å². The molecule has 1 amide bonds. The molecule has 0 spiro atoms. The van der Waals surface area contributed by atoms with E-state index in [1.807, 2.05) is 17.5 Å². The number of amides is 1. The molecule has 9 nitrogen and oxygen atoms in total. The molecular formula is C19H21N5O4S2. The van der Waals surface area contributed by atoms with Crippen LogP contribution in [0.15, 0.2) is 32.1 Å². The maximum atomic E-state index is 12.8. The highest BCUT2D eigenvalue weighted by molar-refractivity contribution is 8.00. The first-order valence-electron chi connectivity index (χ1n) is 9.48. The number of thiophene rings is 1. The van der Waals surface area contributed by atoms with E-state index in [9.17, 15) is 14.4 Å². The Morgan fingerprint density at radius 3 is 2.87 bits per heavy atom. The van der Waals surface area contributed by atoms with Gasteiger partial charge < -0.3 is 10.1 Å². The van der Waals surface area contributed by atoms with Crippen LogP contribution in [-0.4, -0.2) is 50.0 Å². The van der Waals surface area contributed by atoms with E-state index >= 15 is 0 Å². The number of thioether (sulfide) groups is 1. The second-order valence-electron chi connectivity index (χ2n) is 6.96. The maximum absolute atomic E-state index is 12.8. The van der Waals surface area contributed by atoms with E-state index in [1.165, 1.54) is 23.0 Å². The highest BCUT2D eigenvalue weighted by Crippen LogP contribution is 2.28. The molecular weight excluding hydrogens is 426 g/mol. The molecule has 158 valence electrons. The summed E-state index contributed by atoms with van der Waals surface area (Å²) in [6.07, 6.45) is 2.01. The van der Waals surface area contributed by atoms with Crippen molar-refractivity contribution in [3.63, 3.8) is 0 Å². The average molecular weight is 448 g/mol. The largest absolute Gasteiger partial charge is 0.376 e. The third-order valence-electron chi connectivity index (χ3n) is 4.90. The van der Waals surface area contributed by atoms with Crippen molar-refractivity contribution >= 4 is 40.0 Å². The summed E-state index contributed by atoms with van der Waals surface area (Å²) >= 11 is 2.62. The molecule has 0 aliphatic carbocycles. The molecule has 4 heterocycles. The lowest BCUT2D eigenvalue weighted by Gasteiger charge is -2.12. The normalized spacial score (nSPS) is 16.3. The summed E-state index contributed by atoms with van der Waals surface area (Å²) in [5.41, 5.74) is -0.689. The second-order valence-corrected chi connectivity index (χ2v) is 8.87. The van der Waals surface area contributed by atoms with Gasteiger partial charge in [-0.2, -0.15) is 0 Å². The van der Waals surface area contributed by atoms with Crippen molar-refractivity contribution in [3.05, 3.63) is 38.4 Å². The number of aryl methyl sites for hydroxylation is 1. The quantitative estimate of drug-likeness (QED) is 0.446. The zero-order valence-electron chi connectivity index (χ0n) is 16.6. The maximum Gasteiger partial charge on any atom is 0.332 e. The van der Waals surface area contributed by atoms with Gasteiger partial charge >= 0.3 is 5.69 Å². The van der Waals surface area contributed by atoms with Gasteiger partial charge in [0.25, 0.3) is 5.56 Å². The van der Waals surface area contributed by atoms with Crippen molar-refractivity contribution in [1.29, 1.82) is 0 Å². The van der Waals surface area contributed by atoms with Crippen molar-refractivity contribution in [2.75, 3.05) is 18.9 Å². The van der Waals surface area contributed by atoms with E-state index in [1.54, 1.807) is 7.05 Å². The molecule has 0 radical (unpaired) electrons. The summed E-state index contributed by atoms with van der Waals surface area (Å²) in [5, 5.41) is 5.38. The summed E-state index contributed by atoms with van der Waals surface area (Å²) in [5.74, 6) is 0.346. The number of ether oxygens (including phenoxy) is 1. The first-order valence-corrected chi connectivity index (χ1v) is 11.3. The lowest BCUT2D eigenvalue weighted by Crippen LogP contribution is -2.38. The highest BCUT2D eigenvalue weighted by Gasteiger charge is 2.20. The molecule has 0 unspecified atom stereocenters. The Morgan fingerprint density at radius 2 is 2.17 bits per heavy atom. The van der Waals surface area contributed by atoms with E-state index < -0.39 is 11.2 Å². The summed E-state index contributed by atoms with van der Waals surface area (Å²) in [6.45, 7) is 1.20. The summed E-state index contributed by atoms with van der Waals surface area (Å²) < 4.78 is 7.87. The lowest BCUT2D eigenvalue weighted by molar-refractivity contribution is -0.119.